The average Bonchev–Trinajstić information content (AvgIpc) is 2.67. The summed E-state index contributed by atoms with van der Waals surface area (Å²) in [6.07, 6.45) is 0. The lowest BCUT2D eigenvalue weighted by atomic mass is 10.3. The van der Waals surface area contributed by atoms with Crippen molar-refractivity contribution in [2.75, 3.05) is 31.2 Å². The number of esters is 1. The van der Waals surface area contributed by atoms with Crippen LogP contribution < -0.4 is 13.8 Å². The van der Waals surface area contributed by atoms with Crippen LogP contribution in [0.15, 0.2) is 47.4 Å². The first-order valence-electron chi connectivity index (χ1n) is 8.58. The molecule has 0 aromatic heterocycles. The van der Waals surface area contributed by atoms with E-state index in [-0.39, 0.29) is 22.2 Å². The van der Waals surface area contributed by atoms with E-state index in [9.17, 15) is 13.2 Å². The normalized spacial score (nSPS) is 11.0. The van der Waals surface area contributed by atoms with E-state index in [0.29, 0.717) is 18.1 Å². The van der Waals surface area contributed by atoms with E-state index in [1.165, 1.54) is 37.4 Å². The standard InChI is InChI=1S/C19H22ClNO6S/c1-4-26-15-7-9-16(10-8-15)28(23,24)21(13-19(22)27-5-2)14-6-11-18(25-3)17(20)12-14/h6-12H,4-5,13H2,1-3H3. The quantitative estimate of drug-likeness (QED) is 0.569. The van der Waals surface area contributed by atoms with Gasteiger partial charge in [-0.1, -0.05) is 11.6 Å². The summed E-state index contributed by atoms with van der Waals surface area (Å²) in [5.41, 5.74) is 0.215. The van der Waals surface area contributed by atoms with Gasteiger partial charge in [0.2, 0.25) is 0 Å². The van der Waals surface area contributed by atoms with E-state index in [0.717, 1.165) is 4.31 Å². The molecule has 0 aliphatic carbocycles. The monoisotopic (exact) mass is 427 g/mol. The van der Waals surface area contributed by atoms with E-state index in [1.807, 2.05) is 6.92 Å². The Morgan fingerprint density at radius 1 is 1.07 bits per heavy atom. The fraction of sp³-hybridized carbons (Fsp3) is 0.316. The molecule has 0 aliphatic heterocycles. The third-order valence-corrected chi connectivity index (χ3v) is 5.81. The molecule has 7 nitrogen and oxygen atoms in total. The Morgan fingerprint density at radius 3 is 2.29 bits per heavy atom. The molecule has 0 fully saturated rings. The van der Waals surface area contributed by atoms with Crippen molar-refractivity contribution in [2.24, 2.45) is 0 Å². The minimum Gasteiger partial charge on any atom is -0.495 e. The first kappa shape index (κ1) is 21.8. The largest absolute Gasteiger partial charge is 0.495 e. The molecule has 0 saturated heterocycles. The molecule has 0 bridgehead atoms. The van der Waals surface area contributed by atoms with Crippen LogP contribution in [0.3, 0.4) is 0 Å². The lowest BCUT2D eigenvalue weighted by molar-refractivity contribution is -0.141. The van der Waals surface area contributed by atoms with Crippen LogP contribution in [0.25, 0.3) is 0 Å². The highest BCUT2D eigenvalue weighted by Gasteiger charge is 2.28. The van der Waals surface area contributed by atoms with Gasteiger partial charge in [0.05, 0.1) is 35.9 Å². The van der Waals surface area contributed by atoms with Crippen molar-refractivity contribution in [3.63, 3.8) is 0 Å². The molecule has 0 spiro atoms. The topological polar surface area (TPSA) is 82.1 Å². The predicted octanol–water partition coefficient (Wildman–Crippen LogP) is 3.51. The SMILES string of the molecule is CCOC(=O)CN(c1ccc(OC)c(Cl)c1)S(=O)(=O)c1ccc(OCC)cc1. The van der Waals surface area contributed by atoms with Gasteiger partial charge in [-0.15, -0.1) is 0 Å². The number of methoxy groups -OCH3 is 1. The fourth-order valence-corrected chi connectivity index (χ4v) is 4.10. The summed E-state index contributed by atoms with van der Waals surface area (Å²) in [4.78, 5) is 12.1. The van der Waals surface area contributed by atoms with Gasteiger partial charge in [0, 0.05) is 0 Å². The summed E-state index contributed by atoms with van der Waals surface area (Å²) in [6, 6.07) is 10.4. The van der Waals surface area contributed by atoms with Gasteiger partial charge in [-0.2, -0.15) is 0 Å². The maximum atomic E-state index is 13.2. The highest BCUT2D eigenvalue weighted by Crippen LogP contribution is 2.32. The molecule has 9 heteroatoms. The van der Waals surface area contributed by atoms with Gasteiger partial charge >= 0.3 is 5.97 Å². The maximum absolute atomic E-state index is 13.2. The first-order valence-corrected chi connectivity index (χ1v) is 10.4. The number of rotatable bonds is 9. The van der Waals surface area contributed by atoms with Crippen LogP contribution in [0.4, 0.5) is 5.69 Å². The number of hydrogen-bond acceptors (Lipinski definition) is 6. The molecule has 2 rings (SSSR count). The maximum Gasteiger partial charge on any atom is 0.326 e. The van der Waals surface area contributed by atoms with E-state index < -0.39 is 22.5 Å². The number of nitrogens with zero attached hydrogens (tertiary/aromatic N) is 1. The number of hydrogen-bond donors (Lipinski definition) is 0. The molecular weight excluding hydrogens is 406 g/mol. The van der Waals surface area contributed by atoms with Crippen LogP contribution in [0.1, 0.15) is 13.8 Å². The molecule has 0 saturated carbocycles. The van der Waals surface area contributed by atoms with Gasteiger partial charge in [-0.05, 0) is 56.3 Å². The van der Waals surface area contributed by atoms with Gasteiger partial charge in [0.1, 0.15) is 18.0 Å². The zero-order chi connectivity index (χ0) is 20.7. The van der Waals surface area contributed by atoms with E-state index >= 15 is 0 Å². The number of sulfonamides is 1. The average molecular weight is 428 g/mol. The molecule has 0 amide bonds. The molecule has 0 atom stereocenters. The minimum absolute atomic E-state index is 0.00666. The smallest absolute Gasteiger partial charge is 0.326 e. The Kier molecular flexibility index (Phi) is 7.53. The molecule has 0 aliphatic rings. The van der Waals surface area contributed by atoms with E-state index in [1.54, 1.807) is 19.1 Å². The van der Waals surface area contributed by atoms with Crippen LogP contribution >= 0.6 is 11.6 Å². The van der Waals surface area contributed by atoms with E-state index in [2.05, 4.69) is 0 Å². The molecule has 2 aromatic carbocycles. The van der Waals surface area contributed by atoms with Crippen molar-refractivity contribution >= 4 is 33.3 Å². The van der Waals surface area contributed by atoms with Crippen LogP contribution in [0.2, 0.25) is 5.02 Å². The summed E-state index contributed by atoms with van der Waals surface area (Å²) in [5.74, 6) is 0.259. The van der Waals surface area contributed by atoms with Crippen molar-refractivity contribution in [1.82, 2.24) is 0 Å². The zero-order valence-electron chi connectivity index (χ0n) is 15.8. The molecule has 0 unspecified atom stereocenters. The highest BCUT2D eigenvalue weighted by atomic mass is 35.5. The van der Waals surface area contributed by atoms with Crippen LogP contribution in [-0.2, 0) is 19.6 Å². The number of carbonyl (C=O) groups is 1. The van der Waals surface area contributed by atoms with Crippen molar-refractivity contribution in [3.05, 3.63) is 47.5 Å². The highest BCUT2D eigenvalue weighted by molar-refractivity contribution is 7.92. The lowest BCUT2D eigenvalue weighted by Gasteiger charge is -2.24. The second kappa shape index (κ2) is 9.66. The third-order valence-electron chi connectivity index (χ3n) is 3.72. The Balaban J connectivity index is 2.47. The fourth-order valence-electron chi connectivity index (χ4n) is 2.45. The summed E-state index contributed by atoms with van der Waals surface area (Å²) in [6.45, 7) is 3.59. The Labute approximate surface area is 169 Å². The number of benzene rings is 2. The number of anilines is 1. The molecule has 0 N–H and O–H groups in total. The zero-order valence-corrected chi connectivity index (χ0v) is 17.4. The molecule has 152 valence electrons. The Hall–Kier alpha value is -2.45. The third kappa shape index (κ3) is 5.08. The molecule has 0 heterocycles. The summed E-state index contributed by atoms with van der Waals surface area (Å²) >= 11 is 6.14. The van der Waals surface area contributed by atoms with Crippen molar-refractivity contribution in [3.8, 4) is 11.5 Å². The summed E-state index contributed by atoms with van der Waals surface area (Å²) in [5, 5.41) is 0.218. The van der Waals surface area contributed by atoms with Crippen molar-refractivity contribution < 1.29 is 27.4 Å². The first-order chi connectivity index (χ1) is 13.3. The molecule has 2 aromatic rings. The second-order valence-electron chi connectivity index (χ2n) is 5.54. The van der Waals surface area contributed by atoms with Crippen LogP contribution in [0.5, 0.6) is 11.5 Å². The van der Waals surface area contributed by atoms with Crippen molar-refractivity contribution in [1.29, 1.82) is 0 Å². The molecular formula is C19H22ClNO6S. The number of halogens is 1. The van der Waals surface area contributed by atoms with Gasteiger partial charge in [-0.25, -0.2) is 8.42 Å². The van der Waals surface area contributed by atoms with Gasteiger partial charge in [0.25, 0.3) is 10.0 Å². The van der Waals surface area contributed by atoms with Crippen LogP contribution in [-0.4, -0.2) is 41.3 Å². The Morgan fingerprint density at radius 2 is 1.75 bits per heavy atom. The summed E-state index contributed by atoms with van der Waals surface area (Å²) < 4.78 is 42.7. The van der Waals surface area contributed by atoms with Gasteiger partial charge < -0.3 is 14.2 Å². The summed E-state index contributed by atoms with van der Waals surface area (Å²) in [7, 11) is -2.61. The van der Waals surface area contributed by atoms with Crippen LogP contribution in [0, 0.1) is 0 Å². The second-order valence-corrected chi connectivity index (χ2v) is 7.81. The number of ether oxygens (including phenoxy) is 3. The molecule has 0 radical (unpaired) electrons. The molecule has 28 heavy (non-hydrogen) atoms. The van der Waals surface area contributed by atoms with E-state index in [4.69, 9.17) is 25.8 Å². The van der Waals surface area contributed by atoms with Crippen molar-refractivity contribution in [2.45, 2.75) is 18.7 Å². The Bertz CT molecular complexity index is 915. The predicted molar refractivity (Wildman–Crippen MR) is 107 cm³/mol. The van der Waals surface area contributed by atoms with Gasteiger partial charge in [-0.3, -0.25) is 9.10 Å². The van der Waals surface area contributed by atoms with Gasteiger partial charge in [0.15, 0.2) is 0 Å². The minimum atomic E-state index is -4.06. The number of carbonyl (C=O) groups excluding carboxylic acids is 1. The lowest BCUT2D eigenvalue weighted by Crippen LogP contribution is -2.36.